The van der Waals surface area contributed by atoms with Crippen LogP contribution in [-0.4, -0.2) is 5.91 Å². The molecule has 0 fully saturated rings. The van der Waals surface area contributed by atoms with Crippen molar-refractivity contribution in [2.75, 3.05) is 0 Å². The number of carbonyl (C=O) groups is 1. The normalized spacial score (nSPS) is 12.2. The van der Waals surface area contributed by atoms with E-state index < -0.39 is 17.5 Å². The van der Waals surface area contributed by atoms with E-state index in [0.29, 0.717) is 5.76 Å². The Kier molecular flexibility index (Phi) is 3.41. The fourth-order valence-electron chi connectivity index (χ4n) is 1.53. The largest absolute Gasteiger partial charge is 0.467 e. The van der Waals surface area contributed by atoms with Crippen LogP contribution in [0.3, 0.4) is 0 Å². The monoisotopic (exact) mass is 251 g/mol. The van der Waals surface area contributed by atoms with Gasteiger partial charge in [0.2, 0.25) is 0 Å². The fraction of sp³-hybridized carbons (Fsp3) is 0.154. The zero-order valence-corrected chi connectivity index (χ0v) is 9.61. The van der Waals surface area contributed by atoms with Crippen molar-refractivity contribution in [1.82, 2.24) is 5.32 Å². The lowest BCUT2D eigenvalue weighted by Gasteiger charge is -2.11. The fourth-order valence-corrected chi connectivity index (χ4v) is 1.53. The third kappa shape index (κ3) is 2.56. The molecule has 3 nitrogen and oxygen atoms in total. The molecule has 0 aliphatic heterocycles. The van der Waals surface area contributed by atoms with Gasteiger partial charge in [-0.2, -0.15) is 0 Å². The minimum atomic E-state index is -1.05. The standard InChI is InChI=1S/C13H11F2NO2/c1-8(12-3-2-6-18-12)16-13(17)9-4-5-10(14)11(15)7-9/h2-8H,1H3,(H,16,17). The number of amides is 1. The summed E-state index contributed by atoms with van der Waals surface area (Å²) in [6, 6.07) is 6.08. The molecule has 0 spiro atoms. The molecular weight excluding hydrogens is 240 g/mol. The third-order valence-electron chi connectivity index (χ3n) is 2.50. The molecule has 1 atom stereocenters. The van der Waals surface area contributed by atoms with E-state index in [1.807, 2.05) is 0 Å². The summed E-state index contributed by atoms with van der Waals surface area (Å²) in [5.41, 5.74) is 0.0623. The Balaban J connectivity index is 2.10. The summed E-state index contributed by atoms with van der Waals surface area (Å²) < 4.78 is 30.8. The Morgan fingerprint density at radius 2 is 2.06 bits per heavy atom. The molecule has 0 saturated carbocycles. The minimum Gasteiger partial charge on any atom is -0.467 e. The van der Waals surface area contributed by atoms with Gasteiger partial charge in [0.25, 0.3) is 5.91 Å². The van der Waals surface area contributed by atoms with Crippen LogP contribution >= 0.6 is 0 Å². The highest BCUT2D eigenvalue weighted by Crippen LogP contribution is 2.14. The van der Waals surface area contributed by atoms with E-state index in [2.05, 4.69) is 5.32 Å². The zero-order valence-electron chi connectivity index (χ0n) is 9.61. The third-order valence-corrected chi connectivity index (χ3v) is 2.50. The smallest absolute Gasteiger partial charge is 0.251 e. The number of hydrogen-bond acceptors (Lipinski definition) is 2. The molecule has 0 saturated heterocycles. The lowest BCUT2D eigenvalue weighted by atomic mass is 10.1. The van der Waals surface area contributed by atoms with Gasteiger partial charge >= 0.3 is 0 Å². The van der Waals surface area contributed by atoms with Gasteiger partial charge in [-0.1, -0.05) is 0 Å². The van der Waals surface area contributed by atoms with Crippen LogP contribution in [0.15, 0.2) is 41.0 Å². The summed E-state index contributed by atoms with van der Waals surface area (Å²) in [4.78, 5) is 11.8. The lowest BCUT2D eigenvalue weighted by Crippen LogP contribution is -2.26. The number of rotatable bonds is 3. The van der Waals surface area contributed by atoms with Gasteiger partial charge in [-0.05, 0) is 37.3 Å². The maximum Gasteiger partial charge on any atom is 0.251 e. The highest BCUT2D eigenvalue weighted by Gasteiger charge is 2.14. The Morgan fingerprint density at radius 3 is 2.67 bits per heavy atom. The molecular formula is C13H11F2NO2. The van der Waals surface area contributed by atoms with Crippen molar-refractivity contribution in [3.8, 4) is 0 Å². The summed E-state index contributed by atoms with van der Waals surface area (Å²) in [6.45, 7) is 1.73. The Bertz CT molecular complexity index is 552. The Morgan fingerprint density at radius 1 is 1.28 bits per heavy atom. The number of halogens is 2. The molecule has 94 valence electrons. The van der Waals surface area contributed by atoms with E-state index in [-0.39, 0.29) is 11.6 Å². The topological polar surface area (TPSA) is 42.2 Å². The van der Waals surface area contributed by atoms with Crippen LogP contribution in [0.1, 0.15) is 29.1 Å². The maximum atomic E-state index is 13.0. The van der Waals surface area contributed by atoms with Gasteiger partial charge in [0.05, 0.1) is 12.3 Å². The molecule has 0 radical (unpaired) electrons. The summed E-state index contributed by atoms with van der Waals surface area (Å²) in [6.07, 6.45) is 1.50. The van der Waals surface area contributed by atoms with E-state index >= 15 is 0 Å². The van der Waals surface area contributed by atoms with Crippen LogP contribution in [0, 0.1) is 11.6 Å². The number of carbonyl (C=O) groups excluding carboxylic acids is 1. The van der Waals surface area contributed by atoms with Crippen molar-refractivity contribution >= 4 is 5.91 Å². The van der Waals surface area contributed by atoms with Crippen LogP contribution < -0.4 is 5.32 Å². The molecule has 0 bridgehead atoms. The van der Waals surface area contributed by atoms with Crippen molar-refractivity contribution in [2.24, 2.45) is 0 Å². The van der Waals surface area contributed by atoms with Gasteiger partial charge in [0.15, 0.2) is 11.6 Å². The average Bonchev–Trinajstić information content (AvgIpc) is 2.86. The molecule has 0 aliphatic carbocycles. The molecule has 1 unspecified atom stereocenters. The average molecular weight is 251 g/mol. The molecule has 1 heterocycles. The predicted molar refractivity (Wildman–Crippen MR) is 60.9 cm³/mol. The second kappa shape index (κ2) is 5.00. The maximum absolute atomic E-state index is 13.0. The second-order valence-corrected chi connectivity index (χ2v) is 3.84. The quantitative estimate of drug-likeness (QED) is 0.911. The van der Waals surface area contributed by atoms with E-state index in [9.17, 15) is 13.6 Å². The highest BCUT2D eigenvalue weighted by atomic mass is 19.2. The molecule has 1 N–H and O–H groups in total. The minimum absolute atomic E-state index is 0.0623. The van der Waals surface area contributed by atoms with Crippen molar-refractivity contribution < 1.29 is 18.0 Å². The van der Waals surface area contributed by atoms with Crippen LogP contribution in [-0.2, 0) is 0 Å². The van der Waals surface area contributed by atoms with Gasteiger partial charge in [-0.25, -0.2) is 8.78 Å². The van der Waals surface area contributed by atoms with E-state index in [1.165, 1.54) is 12.3 Å². The summed E-state index contributed by atoms with van der Waals surface area (Å²) >= 11 is 0. The molecule has 2 aromatic rings. The molecule has 1 aromatic heterocycles. The van der Waals surface area contributed by atoms with Crippen molar-refractivity contribution in [3.63, 3.8) is 0 Å². The van der Waals surface area contributed by atoms with Crippen LogP contribution in [0.2, 0.25) is 0 Å². The van der Waals surface area contributed by atoms with E-state index in [1.54, 1.807) is 19.1 Å². The predicted octanol–water partition coefficient (Wildman–Crippen LogP) is 3.05. The van der Waals surface area contributed by atoms with Gasteiger partial charge in [0, 0.05) is 5.56 Å². The highest BCUT2D eigenvalue weighted by molar-refractivity contribution is 5.94. The Hall–Kier alpha value is -2.17. The lowest BCUT2D eigenvalue weighted by molar-refractivity contribution is 0.0935. The number of furan rings is 1. The molecule has 1 amide bonds. The summed E-state index contributed by atoms with van der Waals surface area (Å²) in [5.74, 6) is -1.93. The van der Waals surface area contributed by atoms with Gasteiger partial charge in [-0.3, -0.25) is 4.79 Å². The SMILES string of the molecule is CC(NC(=O)c1ccc(F)c(F)c1)c1ccco1. The first kappa shape index (κ1) is 12.3. The van der Waals surface area contributed by atoms with Crippen molar-refractivity contribution in [2.45, 2.75) is 13.0 Å². The molecule has 5 heteroatoms. The van der Waals surface area contributed by atoms with Gasteiger partial charge in [-0.15, -0.1) is 0 Å². The molecule has 18 heavy (non-hydrogen) atoms. The van der Waals surface area contributed by atoms with Crippen molar-refractivity contribution in [3.05, 3.63) is 59.6 Å². The second-order valence-electron chi connectivity index (χ2n) is 3.84. The molecule has 0 aliphatic rings. The van der Waals surface area contributed by atoms with Crippen LogP contribution in [0.4, 0.5) is 8.78 Å². The Labute approximate surface area is 102 Å². The molecule has 1 aromatic carbocycles. The van der Waals surface area contributed by atoms with E-state index in [0.717, 1.165) is 12.1 Å². The summed E-state index contributed by atoms with van der Waals surface area (Å²) in [5, 5.41) is 2.62. The number of hydrogen-bond donors (Lipinski definition) is 1. The van der Waals surface area contributed by atoms with Gasteiger partial charge in [0.1, 0.15) is 5.76 Å². The number of nitrogens with one attached hydrogen (secondary N) is 1. The zero-order chi connectivity index (χ0) is 13.1. The first-order valence-electron chi connectivity index (χ1n) is 5.37. The summed E-state index contributed by atoms with van der Waals surface area (Å²) in [7, 11) is 0. The van der Waals surface area contributed by atoms with Crippen LogP contribution in [0.5, 0.6) is 0 Å². The number of benzene rings is 1. The first-order chi connectivity index (χ1) is 8.58. The van der Waals surface area contributed by atoms with Gasteiger partial charge < -0.3 is 9.73 Å². The van der Waals surface area contributed by atoms with Crippen molar-refractivity contribution in [1.29, 1.82) is 0 Å². The van der Waals surface area contributed by atoms with Crippen LogP contribution in [0.25, 0.3) is 0 Å². The first-order valence-corrected chi connectivity index (χ1v) is 5.37. The van der Waals surface area contributed by atoms with E-state index in [4.69, 9.17) is 4.42 Å². The molecule has 2 rings (SSSR count).